The highest BCUT2D eigenvalue weighted by atomic mass is 16.6. The molecule has 2 rings (SSSR count). The maximum absolute atomic E-state index is 12.2. The van der Waals surface area contributed by atoms with Crippen LogP contribution in [-0.4, -0.2) is 30.2 Å². The number of hydrogen-bond acceptors (Lipinski definition) is 4. The molecule has 1 aliphatic rings. The first-order valence-corrected chi connectivity index (χ1v) is 8.02. The Hall–Kier alpha value is -2.37. The van der Waals surface area contributed by atoms with Crippen molar-refractivity contribution in [1.82, 2.24) is 5.32 Å². The van der Waals surface area contributed by atoms with Crippen LogP contribution in [0.5, 0.6) is 0 Å². The number of carbonyl (C=O) groups excluding carboxylic acids is 2. The molecule has 6 nitrogen and oxygen atoms in total. The van der Waals surface area contributed by atoms with E-state index in [1.165, 1.54) is 0 Å². The highest BCUT2D eigenvalue weighted by molar-refractivity contribution is 5.97. The molecule has 0 fully saturated rings. The third-order valence-corrected chi connectivity index (χ3v) is 3.58. The molecule has 1 atom stereocenters. The third kappa shape index (κ3) is 5.09. The third-order valence-electron chi connectivity index (χ3n) is 3.58. The summed E-state index contributed by atoms with van der Waals surface area (Å²) in [6.07, 6.45) is 2.78. The fraction of sp³-hybridized carbons (Fsp3) is 0.471. The lowest BCUT2D eigenvalue weighted by molar-refractivity contribution is -0.116. The summed E-state index contributed by atoms with van der Waals surface area (Å²) in [6.45, 7) is 4.39. The lowest BCUT2D eigenvalue weighted by Crippen LogP contribution is -2.32. The van der Waals surface area contributed by atoms with Crippen molar-refractivity contribution in [2.45, 2.75) is 45.6 Å². The van der Waals surface area contributed by atoms with E-state index in [9.17, 15) is 9.59 Å². The second kappa shape index (κ2) is 8.31. The summed E-state index contributed by atoms with van der Waals surface area (Å²) >= 11 is 0. The monoisotopic (exact) mass is 317 g/mol. The molecule has 1 aromatic carbocycles. The fourth-order valence-corrected chi connectivity index (χ4v) is 2.30. The lowest BCUT2D eigenvalue weighted by atomic mass is 10.1. The van der Waals surface area contributed by atoms with Gasteiger partial charge in [0.25, 0.3) is 5.91 Å². The van der Waals surface area contributed by atoms with Gasteiger partial charge < -0.3 is 15.5 Å². The Balaban J connectivity index is 1.86. The Labute approximate surface area is 136 Å². The van der Waals surface area contributed by atoms with Crippen LogP contribution in [0.25, 0.3) is 0 Å². The van der Waals surface area contributed by atoms with E-state index in [0.29, 0.717) is 24.2 Å². The molecule has 0 spiro atoms. The molecule has 0 aliphatic carbocycles. The summed E-state index contributed by atoms with van der Waals surface area (Å²) in [5.74, 6) is -0.237. The first kappa shape index (κ1) is 17.0. The van der Waals surface area contributed by atoms with Crippen LogP contribution in [-0.2, 0) is 9.63 Å². The second-order valence-electron chi connectivity index (χ2n) is 5.53. The SMILES string of the molecule is CCCC(=O)Nc1cccc(C(=O)NCC2CC(CC)=NO2)c1. The van der Waals surface area contributed by atoms with E-state index in [0.717, 1.165) is 25.0 Å². The molecule has 6 heteroatoms. The summed E-state index contributed by atoms with van der Waals surface area (Å²) in [6, 6.07) is 6.91. The summed E-state index contributed by atoms with van der Waals surface area (Å²) < 4.78 is 0. The predicted molar refractivity (Wildman–Crippen MR) is 89.5 cm³/mol. The molecule has 1 aliphatic heterocycles. The molecule has 0 saturated heterocycles. The molecule has 0 bridgehead atoms. The second-order valence-corrected chi connectivity index (χ2v) is 5.53. The van der Waals surface area contributed by atoms with Gasteiger partial charge in [0.15, 0.2) is 0 Å². The molecule has 1 aromatic rings. The topological polar surface area (TPSA) is 79.8 Å². The summed E-state index contributed by atoms with van der Waals surface area (Å²) in [5, 5.41) is 9.60. The van der Waals surface area contributed by atoms with Gasteiger partial charge in [0.1, 0.15) is 6.10 Å². The highest BCUT2D eigenvalue weighted by Crippen LogP contribution is 2.13. The van der Waals surface area contributed by atoms with Crippen molar-refractivity contribution < 1.29 is 14.4 Å². The number of benzene rings is 1. The molecule has 2 N–H and O–H groups in total. The predicted octanol–water partition coefficient (Wildman–Crippen LogP) is 2.71. The minimum atomic E-state index is -0.190. The maximum atomic E-state index is 12.2. The Morgan fingerprint density at radius 1 is 1.35 bits per heavy atom. The van der Waals surface area contributed by atoms with Crippen molar-refractivity contribution in [1.29, 1.82) is 0 Å². The lowest BCUT2D eigenvalue weighted by Gasteiger charge is -2.11. The van der Waals surface area contributed by atoms with Crippen LogP contribution in [0.1, 0.15) is 49.9 Å². The zero-order valence-corrected chi connectivity index (χ0v) is 13.6. The van der Waals surface area contributed by atoms with Crippen molar-refractivity contribution in [2.75, 3.05) is 11.9 Å². The molecule has 0 saturated carbocycles. The van der Waals surface area contributed by atoms with Crippen LogP contribution >= 0.6 is 0 Å². The number of nitrogens with zero attached hydrogens (tertiary/aromatic N) is 1. The van der Waals surface area contributed by atoms with Gasteiger partial charge >= 0.3 is 0 Å². The smallest absolute Gasteiger partial charge is 0.251 e. The fourth-order valence-electron chi connectivity index (χ4n) is 2.30. The van der Waals surface area contributed by atoms with Gasteiger partial charge in [-0.1, -0.05) is 25.1 Å². The molecule has 23 heavy (non-hydrogen) atoms. The molecule has 0 radical (unpaired) electrons. The quantitative estimate of drug-likeness (QED) is 0.811. The first-order valence-electron chi connectivity index (χ1n) is 8.02. The summed E-state index contributed by atoms with van der Waals surface area (Å²) in [7, 11) is 0. The number of oxime groups is 1. The minimum absolute atomic E-state index is 0.0475. The molecule has 1 unspecified atom stereocenters. The van der Waals surface area contributed by atoms with Gasteiger partial charge in [-0.3, -0.25) is 9.59 Å². The van der Waals surface area contributed by atoms with Crippen LogP contribution in [0.15, 0.2) is 29.4 Å². The van der Waals surface area contributed by atoms with Gasteiger partial charge in [0.2, 0.25) is 5.91 Å². The minimum Gasteiger partial charge on any atom is -0.390 e. The van der Waals surface area contributed by atoms with Crippen molar-refractivity contribution in [2.24, 2.45) is 5.16 Å². The van der Waals surface area contributed by atoms with E-state index in [1.807, 2.05) is 13.8 Å². The molecule has 2 amide bonds. The van der Waals surface area contributed by atoms with Gasteiger partial charge in [-0.2, -0.15) is 0 Å². The van der Waals surface area contributed by atoms with Crippen molar-refractivity contribution in [3.63, 3.8) is 0 Å². The number of hydrogen-bond donors (Lipinski definition) is 2. The number of carbonyl (C=O) groups is 2. The first-order chi connectivity index (χ1) is 11.1. The standard InChI is InChI=1S/C17H23N3O3/c1-3-6-16(21)19-14-8-5-7-12(9-14)17(22)18-11-15-10-13(4-2)20-23-15/h5,7-9,15H,3-4,6,10-11H2,1-2H3,(H,18,22)(H,19,21). The molecular formula is C17H23N3O3. The van der Waals surface area contributed by atoms with Gasteiger partial charge in [-0.25, -0.2) is 0 Å². The number of anilines is 1. The zero-order valence-electron chi connectivity index (χ0n) is 13.6. The summed E-state index contributed by atoms with van der Waals surface area (Å²) in [4.78, 5) is 29.1. The van der Waals surface area contributed by atoms with Crippen molar-refractivity contribution in [3.8, 4) is 0 Å². The largest absolute Gasteiger partial charge is 0.390 e. The maximum Gasteiger partial charge on any atom is 0.251 e. The molecule has 124 valence electrons. The number of amides is 2. The van der Waals surface area contributed by atoms with Gasteiger partial charge in [0.05, 0.1) is 12.3 Å². The summed E-state index contributed by atoms with van der Waals surface area (Å²) in [5.41, 5.74) is 2.16. The van der Waals surface area contributed by atoms with E-state index in [2.05, 4.69) is 15.8 Å². The van der Waals surface area contributed by atoms with E-state index >= 15 is 0 Å². The van der Waals surface area contributed by atoms with Crippen molar-refractivity contribution in [3.05, 3.63) is 29.8 Å². The normalized spacial score (nSPS) is 16.4. The van der Waals surface area contributed by atoms with Crippen LogP contribution in [0.2, 0.25) is 0 Å². The Bertz CT molecular complexity index is 599. The van der Waals surface area contributed by atoms with Gasteiger partial charge in [-0.05, 0) is 31.0 Å². The number of rotatable bonds is 7. The van der Waals surface area contributed by atoms with Crippen molar-refractivity contribution >= 4 is 23.2 Å². The Morgan fingerprint density at radius 3 is 2.87 bits per heavy atom. The van der Waals surface area contributed by atoms with E-state index in [1.54, 1.807) is 24.3 Å². The van der Waals surface area contributed by atoms with E-state index in [-0.39, 0.29) is 17.9 Å². The highest BCUT2D eigenvalue weighted by Gasteiger charge is 2.20. The van der Waals surface area contributed by atoms with Crippen LogP contribution in [0.3, 0.4) is 0 Å². The van der Waals surface area contributed by atoms with Crippen LogP contribution in [0.4, 0.5) is 5.69 Å². The van der Waals surface area contributed by atoms with E-state index < -0.39 is 0 Å². The average molecular weight is 317 g/mol. The average Bonchev–Trinajstić information content (AvgIpc) is 3.01. The zero-order chi connectivity index (χ0) is 16.7. The Morgan fingerprint density at radius 2 is 2.17 bits per heavy atom. The van der Waals surface area contributed by atoms with Crippen LogP contribution < -0.4 is 10.6 Å². The molecule has 0 aromatic heterocycles. The van der Waals surface area contributed by atoms with Crippen LogP contribution in [0, 0.1) is 0 Å². The van der Waals surface area contributed by atoms with Gasteiger partial charge in [-0.15, -0.1) is 0 Å². The van der Waals surface area contributed by atoms with Gasteiger partial charge in [0, 0.05) is 24.1 Å². The molecule has 1 heterocycles. The molecular weight excluding hydrogens is 294 g/mol. The Kier molecular flexibility index (Phi) is 6.14. The van der Waals surface area contributed by atoms with E-state index in [4.69, 9.17) is 4.84 Å². The number of nitrogens with one attached hydrogen (secondary N) is 2.